The molecule has 0 bridgehead atoms. The Bertz CT molecular complexity index is 1170. The molecule has 4 aromatic rings. The molecule has 0 aliphatic rings. The molecule has 0 saturated heterocycles. The minimum absolute atomic E-state index is 0.450. The summed E-state index contributed by atoms with van der Waals surface area (Å²) < 4.78 is 4.65. The summed E-state index contributed by atoms with van der Waals surface area (Å²) in [5.74, 6) is 2.11. The Hall–Kier alpha value is -3.13. The van der Waals surface area contributed by atoms with Gasteiger partial charge in [-0.3, -0.25) is 0 Å². The summed E-state index contributed by atoms with van der Waals surface area (Å²) in [5, 5.41) is 0. The van der Waals surface area contributed by atoms with Crippen LogP contribution in [0.3, 0.4) is 0 Å². The lowest BCUT2D eigenvalue weighted by molar-refractivity contribution is -0.659. The summed E-state index contributed by atoms with van der Waals surface area (Å²) in [6.07, 6.45) is 4.39. The van der Waals surface area contributed by atoms with Crippen LogP contribution >= 0.6 is 0 Å². The molecule has 0 aliphatic heterocycles. The number of rotatable bonds is 5. The van der Waals surface area contributed by atoms with E-state index in [0.717, 1.165) is 0 Å². The van der Waals surface area contributed by atoms with E-state index < -0.39 is 0 Å². The number of benzene rings is 3. The highest BCUT2D eigenvalue weighted by atomic mass is 15.1. The molecule has 1 aromatic heterocycles. The number of hydrogen-bond acceptors (Lipinski definition) is 0. The Morgan fingerprint density at radius 1 is 0.742 bits per heavy atom. The molecule has 0 atom stereocenters. The standard InChI is InChI=1S/C29H33N2/c1-20(2)25-13-10-14-26(21(3)4)28(25)31-18-17-30(6)29(31)27-19-24(16-15-22(27)5)23-11-8-7-9-12-23/h7-21H,1-6H3/q+1. The van der Waals surface area contributed by atoms with Gasteiger partial charge in [-0.05, 0) is 41.5 Å². The first-order chi connectivity index (χ1) is 14.9. The smallest absolute Gasteiger partial charge is 0.232 e. The summed E-state index contributed by atoms with van der Waals surface area (Å²) >= 11 is 0. The number of imidazole rings is 1. The monoisotopic (exact) mass is 409 g/mol. The van der Waals surface area contributed by atoms with Crippen molar-refractivity contribution < 1.29 is 4.57 Å². The van der Waals surface area contributed by atoms with Crippen LogP contribution in [0.2, 0.25) is 0 Å². The molecular formula is C29H33N2+. The maximum absolute atomic E-state index is 2.40. The molecule has 31 heavy (non-hydrogen) atoms. The summed E-state index contributed by atoms with van der Waals surface area (Å²) in [6.45, 7) is 11.3. The molecule has 0 amide bonds. The van der Waals surface area contributed by atoms with Gasteiger partial charge in [0, 0.05) is 11.1 Å². The van der Waals surface area contributed by atoms with Gasteiger partial charge in [0.1, 0.15) is 18.1 Å². The molecular weight excluding hydrogens is 376 g/mol. The molecule has 0 unspecified atom stereocenters. The fourth-order valence-electron chi connectivity index (χ4n) is 4.44. The van der Waals surface area contributed by atoms with E-state index in [1.807, 2.05) is 0 Å². The molecule has 0 radical (unpaired) electrons. The zero-order chi connectivity index (χ0) is 22.1. The lowest BCUT2D eigenvalue weighted by Gasteiger charge is -2.18. The van der Waals surface area contributed by atoms with Crippen LogP contribution in [0, 0.1) is 6.92 Å². The molecule has 1 heterocycles. The Morgan fingerprint density at radius 2 is 1.39 bits per heavy atom. The van der Waals surface area contributed by atoms with Gasteiger partial charge in [0.2, 0.25) is 0 Å². The average Bonchev–Trinajstić information content (AvgIpc) is 3.15. The predicted octanol–water partition coefficient (Wildman–Crippen LogP) is 7.19. The van der Waals surface area contributed by atoms with E-state index in [-0.39, 0.29) is 0 Å². The minimum atomic E-state index is 0.450. The number of para-hydroxylation sites is 1. The molecule has 0 aliphatic carbocycles. The van der Waals surface area contributed by atoms with Crippen molar-refractivity contribution in [3.8, 4) is 28.2 Å². The topological polar surface area (TPSA) is 8.81 Å². The van der Waals surface area contributed by atoms with Crippen LogP contribution in [-0.2, 0) is 7.05 Å². The van der Waals surface area contributed by atoms with E-state index in [2.05, 4.69) is 130 Å². The molecule has 158 valence electrons. The van der Waals surface area contributed by atoms with Gasteiger partial charge in [-0.15, -0.1) is 0 Å². The van der Waals surface area contributed by atoms with E-state index in [1.54, 1.807) is 0 Å². The van der Waals surface area contributed by atoms with Crippen LogP contribution in [0.1, 0.15) is 56.2 Å². The molecule has 0 fully saturated rings. The van der Waals surface area contributed by atoms with E-state index >= 15 is 0 Å². The third-order valence-electron chi connectivity index (χ3n) is 6.17. The molecule has 4 rings (SSSR count). The second-order valence-electron chi connectivity index (χ2n) is 9.09. The first kappa shape index (κ1) is 21.1. The molecule has 0 N–H and O–H groups in total. The van der Waals surface area contributed by atoms with Crippen molar-refractivity contribution in [2.24, 2.45) is 7.05 Å². The lowest BCUT2D eigenvalue weighted by Crippen LogP contribution is -2.29. The lowest BCUT2D eigenvalue weighted by atomic mass is 9.92. The highest BCUT2D eigenvalue weighted by molar-refractivity contribution is 5.73. The van der Waals surface area contributed by atoms with Crippen molar-refractivity contribution in [3.05, 3.63) is 95.8 Å². The summed E-state index contributed by atoms with van der Waals surface area (Å²) in [4.78, 5) is 0. The molecule has 0 saturated carbocycles. The maximum Gasteiger partial charge on any atom is 0.294 e. The van der Waals surface area contributed by atoms with E-state index in [9.17, 15) is 0 Å². The number of aryl methyl sites for hydroxylation is 2. The largest absolute Gasteiger partial charge is 0.294 e. The normalized spacial score (nSPS) is 11.5. The van der Waals surface area contributed by atoms with Crippen LogP contribution < -0.4 is 4.57 Å². The number of nitrogens with zero attached hydrogens (tertiary/aromatic N) is 2. The van der Waals surface area contributed by atoms with Crippen LogP contribution in [0.15, 0.2) is 79.1 Å². The first-order valence-electron chi connectivity index (χ1n) is 11.2. The Morgan fingerprint density at radius 3 is 2.00 bits per heavy atom. The third kappa shape index (κ3) is 3.95. The van der Waals surface area contributed by atoms with E-state index in [4.69, 9.17) is 0 Å². The van der Waals surface area contributed by atoms with Crippen LogP contribution in [0.25, 0.3) is 28.2 Å². The zero-order valence-corrected chi connectivity index (χ0v) is 19.6. The van der Waals surface area contributed by atoms with Crippen molar-refractivity contribution in [1.82, 2.24) is 4.57 Å². The van der Waals surface area contributed by atoms with Crippen LogP contribution in [-0.4, -0.2) is 4.57 Å². The maximum atomic E-state index is 2.40. The van der Waals surface area contributed by atoms with Crippen molar-refractivity contribution >= 4 is 0 Å². The van der Waals surface area contributed by atoms with Gasteiger partial charge in [-0.1, -0.05) is 88.4 Å². The van der Waals surface area contributed by atoms with Crippen molar-refractivity contribution in [2.45, 2.75) is 46.5 Å². The zero-order valence-electron chi connectivity index (χ0n) is 19.6. The summed E-state index contributed by atoms with van der Waals surface area (Å²) in [6, 6.07) is 24.2. The van der Waals surface area contributed by atoms with Gasteiger partial charge in [-0.25, -0.2) is 4.57 Å². The van der Waals surface area contributed by atoms with Gasteiger partial charge in [0.05, 0.1) is 12.6 Å². The second-order valence-corrected chi connectivity index (χ2v) is 9.09. The van der Waals surface area contributed by atoms with Gasteiger partial charge in [0.25, 0.3) is 5.82 Å². The fourth-order valence-corrected chi connectivity index (χ4v) is 4.44. The van der Waals surface area contributed by atoms with E-state index in [0.29, 0.717) is 11.8 Å². The minimum Gasteiger partial charge on any atom is -0.232 e. The third-order valence-corrected chi connectivity index (χ3v) is 6.17. The van der Waals surface area contributed by atoms with Gasteiger partial charge in [-0.2, -0.15) is 4.57 Å². The number of hydrogen-bond donors (Lipinski definition) is 0. The van der Waals surface area contributed by atoms with Crippen molar-refractivity contribution in [3.63, 3.8) is 0 Å². The fraction of sp³-hybridized carbons (Fsp3) is 0.276. The van der Waals surface area contributed by atoms with Gasteiger partial charge >= 0.3 is 0 Å². The Kier molecular flexibility index (Phi) is 5.82. The Labute approximate surface area is 186 Å². The highest BCUT2D eigenvalue weighted by Gasteiger charge is 2.26. The van der Waals surface area contributed by atoms with E-state index in [1.165, 1.54) is 44.9 Å². The SMILES string of the molecule is Cc1ccc(-c2ccccc2)cc1-c1n(-c2c(C(C)C)cccc2C(C)C)cc[n+]1C. The van der Waals surface area contributed by atoms with Crippen molar-refractivity contribution in [1.29, 1.82) is 0 Å². The van der Waals surface area contributed by atoms with Gasteiger partial charge in [0.15, 0.2) is 0 Å². The molecule has 3 aromatic carbocycles. The van der Waals surface area contributed by atoms with Gasteiger partial charge < -0.3 is 0 Å². The molecule has 2 nitrogen and oxygen atoms in total. The summed E-state index contributed by atoms with van der Waals surface area (Å²) in [5.41, 5.74) is 9.14. The summed E-state index contributed by atoms with van der Waals surface area (Å²) in [7, 11) is 2.15. The van der Waals surface area contributed by atoms with Crippen LogP contribution in [0.5, 0.6) is 0 Å². The number of aromatic nitrogens is 2. The average molecular weight is 410 g/mol. The quantitative estimate of drug-likeness (QED) is 0.308. The predicted molar refractivity (Wildman–Crippen MR) is 131 cm³/mol. The van der Waals surface area contributed by atoms with Crippen LogP contribution in [0.4, 0.5) is 0 Å². The Balaban J connectivity index is 1.98. The van der Waals surface area contributed by atoms with Crippen molar-refractivity contribution in [2.75, 3.05) is 0 Å². The first-order valence-corrected chi connectivity index (χ1v) is 11.2. The second kappa shape index (κ2) is 8.55. The highest BCUT2D eigenvalue weighted by Crippen LogP contribution is 2.35. The molecule has 0 spiro atoms. The molecule has 2 heteroatoms.